The molecule has 174 valence electrons. The SMILES string of the molecule is O=C(Nc1ccccc1)Nc1ccc(C(=O)N2CCC(NC(=O)Nc3ccccc3)CC2)cc1. The van der Waals surface area contributed by atoms with Crippen molar-refractivity contribution in [2.24, 2.45) is 0 Å². The average molecular weight is 458 g/mol. The van der Waals surface area contributed by atoms with Crippen LogP contribution in [0, 0.1) is 0 Å². The number of rotatable bonds is 5. The number of benzene rings is 3. The molecule has 4 N–H and O–H groups in total. The molecular weight excluding hydrogens is 430 g/mol. The van der Waals surface area contributed by atoms with Gasteiger partial charge in [-0.05, 0) is 61.4 Å². The smallest absolute Gasteiger partial charge is 0.323 e. The number of nitrogens with one attached hydrogen (secondary N) is 4. The molecule has 1 heterocycles. The lowest BCUT2D eigenvalue weighted by Crippen LogP contribution is -2.47. The van der Waals surface area contributed by atoms with E-state index in [1.807, 2.05) is 48.5 Å². The number of carbonyl (C=O) groups is 3. The first-order chi connectivity index (χ1) is 16.6. The van der Waals surface area contributed by atoms with Gasteiger partial charge in [0.25, 0.3) is 5.91 Å². The first kappa shape index (κ1) is 22.8. The Kier molecular flexibility index (Phi) is 7.39. The zero-order valence-corrected chi connectivity index (χ0v) is 18.7. The van der Waals surface area contributed by atoms with Crippen LogP contribution < -0.4 is 21.3 Å². The minimum Gasteiger partial charge on any atom is -0.338 e. The number of amides is 5. The molecule has 0 aromatic heterocycles. The molecule has 1 fully saturated rings. The van der Waals surface area contributed by atoms with E-state index in [9.17, 15) is 14.4 Å². The first-order valence-corrected chi connectivity index (χ1v) is 11.2. The summed E-state index contributed by atoms with van der Waals surface area (Å²) < 4.78 is 0. The van der Waals surface area contributed by atoms with Crippen LogP contribution in [0.4, 0.5) is 26.7 Å². The molecular formula is C26H27N5O3. The molecule has 0 spiro atoms. The van der Waals surface area contributed by atoms with Crippen LogP contribution in [0.1, 0.15) is 23.2 Å². The molecule has 8 nitrogen and oxygen atoms in total. The zero-order valence-electron chi connectivity index (χ0n) is 18.7. The topological polar surface area (TPSA) is 103 Å². The highest BCUT2D eigenvalue weighted by Gasteiger charge is 2.24. The van der Waals surface area contributed by atoms with Crippen LogP contribution in [0.5, 0.6) is 0 Å². The van der Waals surface area contributed by atoms with E-state index in [-0.39, 0.29) is 24.0 Å². The van der Waals surface area contributed by atoms with E-state index in [0.29, 0.717) is 42.9 Å². The summed E-state index contributed by atoms with van der Waals surface area (Å²) in [7, 11) is 0. The Bertz CT molecular complexity index is 1110. The van der Waals surface area contributed by atoms with Crippen molar-refractivity contribution in [3.05, 3.63) is 90.5 Å². The predicted molar refractivity (Wildman–Crippen MR) is 133 cm³/mol. The molecule has 1 aliphatic heterocycles. The number of para-hydroxylation sites is 2. The van der Waals surface area contributed by atoms with E-state index in [1.54, 1.807) is 41.3 Å². The molecule has 34 heavy (non-hydrogen) atoms. The number of hydrogen-bond acceptors (Lipinski definition) is 3. The summed E-state index contributed by atoms with van der Waals surface area (Å²) in [6, 6.07) is 24.7. The van der Waals surface area contributed by atoms with Gasteiger partial charge in [-0.2, -0.15) is 0 Å². The predicted octanol–water partition coefficient (Wildman–Crippen LogP) is 4.76. The minimum atomic E-state index is -0.351. The number of urea groups is 2. The highest BCUT2D eigenvalue weighted by atomic mass is 16.2. The number of carbonyl (C=O) groups excluding carboxylic acids is 3. The maximum Gasteiger partial charge on any atom is 0.323 e. The summed E-state index contributed by atoms with van der Waals surface area (Å²) in [4.78, 5) is 39.0. The van der Waals surface area contributed by atoms with Crippen LogP contribution in [-0.4, -0.2) is 42.0 Å². The Morgan fingerprint density at radius 2 is 1.09 bits per heavy atom. The summed E-state index contributed by atoms with van der Waals surface area (Å²) in [5.74, 6) is -0.0625. The van der Waals surface area contributed by atoms with E-state index in [2.05, 4.69) is 21.3 Å². The average Bonchev–Trinajstić information content (AvgIpc) is 2.86. The van der Waals surface area contributed by atoms with Crippen LogP contribution >= 0.6 is 0 Å². The van der Waals surface area contributed by atoms with E-state index < -0.39 is 0 Å². The summed E-state index contributed by atoms with van der Waals surface area (Å²) in [6.07, 6.45) is 1.38. The molecule has 0 radical (unpaired) electrons. The number of piperidine rings is 1. The Hall–Kier alpha value is -4.33. The fourth-order valence-corrected chi connectivity index (χ4v) is 3.79. The van der Waals surface area contributed by atoms with Crippen molar-refractivity contribution in [1.29, 1.82) is 0 Å². The van der Waals surface area contributed by atoms with Crippen molar-refractivity contribution < 1.29 is 14.4 Å². The molecule has 1 saturated heterocycles. The van der Waals surface area contributed by atoms with Crippen molar-refractivity contribution in [2.45, 2.75) is 18.9 Å². The molecule has 1 aliphatic rings. The Morgan fingerprint density at radius 1 is 0.618 bits per heavy atom. The molecule has 8 heteroatoms. The lowest BCUT2D eigenvalue weighted by molar-refractivity contribution is 0.0709. The third-order valence-corrected chi connectivity index (χ3v) is 5.57. The lowest BCUT2D eigenvalue weighted by Gasteiger charge is -2.32. The quantitative estimate of drug-likeness (QED) is 0.444. The van der Waals surface area contributed by atoms with Crippen LogP contribution in [-0.2, 0) is 0 Å². The van der Waals surface area contributed by atoms with Gasteiger partial charge in [0.1, 0.15) is 0 Å². The van der Waals surface area contributed by atoms with Crippen LogP contribution in [0.25, 0.3) is 0 Å². The van der Waals surface area contributed by atoms with Gasteiger partial charge in [-0.25, -0.2) is 9.59 Å². The molecule has 0 bridgehead atoms. The van der Waals surface area contributed by atoms with Gasteiger partial charge < -0.3 is 26.2 Å². The standard InChI is InChI=1S/C26H27N5O3/c32-24(19-11-13-22(14-12-19)29-25(33)27-20-7-3-1-4-8-20)31-17-15-23(16-18-31)30-26(34)28-21-9-5-2-6-10-21/h1-14,23H,15-18H2,(H2,27,29,33)(H2,28,30,34). The summed E-state index contributed by atoms with van der Waals surface area (Å²) >= 11 is 0. The number of nitrogens with zero attached hydrogens (tertiary/aromatic N) is 1. The molecule has 0 unspecified atom stereocenters. The minimum absolute atomic E-state index is 0.0162. The maximum atomic E-state index is 12.9. The first-order valence-electron chi connectivity index (χ1n) is 11.2. The third kappa shape index (κ3) is 6.35. The van der Waals surface area contributed by atoms with Gasteiger partial charge in [-0.3, -0.25) is 4.79 Å². The molecule has 0 atom stereocenters. The van der Waals surface area contributed by atoms with Crippen molar-refractivity contribution in [1.82, 2.24) is 10.2 Å². The number of anilines is 3. The van der Waals surface area contributed by atoms with E-state index >= 15 is 0 Å². The van der Waals surface area contributed by atoms with Gasteiger partial charge in [0.2, 0.25) is 0 Å². The van der Waals surface area contributed by atoms with Gasteiger partial charge in [-0.15, -0.1) is 0 Å². The fourth-order valence-electron chi connectivity index (χ4n) is 3.79. The van der Waals surface area contributed by atoms with Crippen LogP contribution in [0.15, 0.2) is 84.9 Å². The van der Waals surface area contributed by atoms with Gasteiger partial charge in [0.15, 0.2) is 0 Å². The Morgan fingerprint density at radius 3 is 1.62 bits per heavy atom. The van der Waals surface area contributed by atoms with Gasteiger partial charge in [0.05, 0.1) is 0 Å². The zero-order chi connectivity index (χ0) is 23.8. The van der Waals surface area contributed by atoms with Crippen molar-refractivity contribution in [2.75, 3.05) is 29.0 Å². The largest absolute Gasteiger partial charge is 0.338 e. The molecule has 3 aromatic rings. The Balaban J connectivity index is 1.23. The van der Waals surface area contributed by atoms with Crippen molar-refractivity contribution in [3.8, 4) is 0 Å². The second kappa shape index (κ2) is 11.0. The monoisotopic (exact) mass is 457 g/mol. The second-order valence-corrected chi connectivity index (χ2v) is 8.05. The molecule has 5 amide bonds. The van der Waals surface area contributed by atoms with Crippen molar-refractivity contribution in [3.63, 3.8) is 0 Å². The van der Waals surface area contributed by atoms with Crippen LogP contribution in [0.2, 0.25) is 0 Å². The van der Waals surface area contributed by atoms with Gasteiger partial charge in [0, 0.05) is 41.8 Å². The Labute approximate surface area is 198 Å². The summed E-state index contributed by atoms with van der Waals surface area (Å²) in [5.41, 5.74) is 2.59. The number of hydrogen-bond donors (Lipinski definition) is 4. The van der Waals surface area contributed by atoms with E-state index in [0.717, 1.165) is 5.69 Å². The fraction of sp³-hybridized carbons (Fsp3) is 0.192. The molecule has 4 rings (SSSR count). The lowest BCUT2D eigenvalue weighted by atomic mass is 10.0. The van der Waals surface area contributed by atoms with E-state index in [4.69, 9.17) is 0 Å². The molecule has 3 aromatic carbocycles. The van der Waals surface area contributed by atoms with Gasteiger partial charge in [-0.1, -0.05) is 36.4 Å². The summed E-state index contributed by atoms with van der Waals surface area (Å²) in [6.45, 7) is 1.13. The van der Waals surface area contributed by atoms with Crippen molar-refractivity contribution >= 4 is 35.0 Å². The maximum absolute atomic E-state index is 12.9. The summed E-state index contributed by atoms with van der Waals surface area (Å²) in [5, 5.41) is 11.3. The highest BCUT2D eigenvalue weighted by Crippen LogP contribution is 2.17. The highest BCUT2D eigenvalue weighted by molar-refractivity contribution is 6.00. The molecule has 0 saturated carbocycles. The normalized spacial score (nSPS) is 13.6. The van der Waals surface area contributed by atoms with E-state index in [1.165, 1.54) is 0 Å². The number of likely N-dealkylation sites (tertiary alicyclic amines) is 1. The second-order valence-electron chi connectivity index (χ2n) is 8.05. The van der Waals surface area contributed by atoms with Crippen LogP contribution in [0.3, 0.4) is 0 Å². The molecule has 0 aliphatic carbocycles. The van der Waals surface area contributed by atoms with Gasteiger partial charge >= 0.3 is 12.1 Å². The third-order valence-electron chi connectivity index (χ3n) is 5.57.